The summed E-state index contributed by atoms with van der Waals surface area (Å²) >= 11 is 6.15. The summed E-state index contributed by atoms with van der Waals surface area (Å²) in [6, 6.07) is 17.5. The number of hydrogen-bond acceptors (Lipinski definition) is 4. The van der Waals surface area contributed by atoms with Gasteiger partial charge in [-0.2, -0.15) is 0 Å². The van der Waals surface area contributed by atoms with Crippen LogP contribution in [0, 0.1) is 0 Å². The van der Waals surface area contributed by atoms with Crippen LogP contribution in [0.4, 0.5) is 5.69 Å². The molecule has 1 aliphatic rings. The highest BCUT2D eigenvalue weighted by atomic mass is 35.5. The lowest BCUT2D eigenvalue weighted by molar-refractivity contribution is 0.0964. The van der Waals surface area contributed by atoms with Gasteiger partial charge in [0.25, 0.3) is 0 Å². The van der Waals surface area contributed by atoms with Crippen LogP contribution in [-0.2, 0) is 6.42 Å². The van der Waals surface area contributed by atoms with Crippen molar-refractivity contribution >= 4 is 34.2 Å². The quantitative estimate of drug-likeness (QED) is 0.546. The first-order valence-electron chi connectivity index (χ1n) is 9.11. The van der Waals surface area contributed by atoms with Crippen molar-refractivity contribution in [3.8, 4) is 5.69 Å². The molecular weight excluding hydrogens is 372 g/mol. The number of fused-ring (bicyclic) bond motifs is 2. The molecule has 4 aromatic rings. The highest BCUT2D eigenvalue weighted by Gasteiger charge is 2.31. The Bertz CT molecular complexity index is 1220. The number of hydrogen-bond donors (Lipinski definition) is 1. The number of carbonyl (C=O) groups excluding carboxylic acids is 1. The molecule has 6 heteroatoms. The number of nitrogens with two attached hydrogens (primary N) is 1. The number of Topliss-reactive ketones (excluding diaryl/α,β-unsaturated/α-hetero) is 1. The lowest BCUT2D eigenvalue weighted by Crippen LogP contribution is -2.22. The molecule has 28 heavy (non-hydrogen) atoms. The Labute approximate surface area is 166 Å². The standard InChI is InChI=1S/C22H17ClN4O/c23-15-6-4-5-13(9-15)14-10-17-19(18(28)11-14)20(24)21-22(26-17)27(12-25-21)16-7-2-1-3-8-16/h1-9,12,14H,10-11H2,(H2,24,26)/t14-/m0/s1. The second-order valence-electron chi connectivity index (χ2n) is 7.05. The molecule has 2 aromatic carbocycles. The number of nitrogen functional groups attached to an aromatic ring is 1. The normalized spacial score (nSPS) is 16.3. The van der Waals surface area contributed by atoms with Gasteiger partial charge in [-0.15, -0.1) is 0 Å². The topological polar surface area (TPSA) is 73.8 Å². The molecule has 2 heterocycles. The lowest BCUT2D eigenvalue weighted by atomic mass is 9.81. The first-order chi connectivity index (χ1) is 13.6. The number of pyridine rings is 1. The number of nitrogens with zero attached hydrogens (tertiary/aromatic N) is 3. The summed E-state index contributed by atoms with van der Waals surface area (Å²) in [5, 5.41) is 0.667. The van der Waals surface area contributed by atoms with Gasteiger partial charge in [-0.3, -0.25) is 9.36 Å². The van der Waals surface area contributed by atoms with Gasteiger partial charge in [-0.1, -0.05) is 41.9 Å². The molecule has 2 N–H and O–H groups in total. The van der Waals surface area contributed by atoms with E-state index in [2.05, 4.69) is 4.98 Å². The fraction of sp³-hybridized carbons (Fsp3) is 0.136. The van der Waals surface area contributed by atoms with E-state index in [1.165, 1.54) is 0 Å². The number of ketones is 1. The molecule has 0 saturated heterocycles. The zero-order valence-corrected chi connectivity index (χ0v) is 15.7. The molecule has 0 unspecified atom stereocenters. The van der Waals surface area contributed by atoms with Crippen LogP contribution < -0.4 is 5.73 Å². The van der Waals surface area contributed by atoms with Gasteiger partial charge >= 0.3 is 0 Å². The minimum absolute atomic E-state index is 0.00684. The molecule has 0 amide bonds. The van der Waals surface area contributed by atoms with E-state index >= 15 is 0 Å². The van der Waals surface area contributed by atoms with Crippen LogP contribution in [0.1, 0.15) is 34.0 Å². The van der Waals surface area contributed by atoms with E-state index in [1.54, 1.807) is 6.33 Å². The lowest BCUT2D eigenvalue weighted by Gasteiger charge is -2.24. The van der Waals surface area contributed by atoms with Crippen molar-refractivity contribution < 1.29 is 4.79 Å². The molecule has 1 atom stereocenters. The number of carbonyl (C=O) groups is 1. The average Bonchev–Trinajstić information content (AvgIpc) is 3.12. The van der Waals surface area contributed by atoms with E-state index in [0.29, 0.717) is 40.3 Å². The number of imidazole rings is 1. The van der Waals surface area contributed by atoms with Gasteiger partial charge in [0, 0.05) is 17.1 Å². The largest absolute Gasteiger partial charge is 0.396 e. The number of aromatic nitrogens is 3. The summed E-state index contributed by atoms with van der Waals surface area (Å²) in [7, 11) is 0. The van der Waals surface area contributed by atoms with Crippen molar-refractivity contribution in [2.24, 2.45) is 0 Å². The Balaban J connectivity index is 1.65. The third-order valence-electron chi connectivity index (χ3n) is 5.30. The van der Waals surface area contributed by atoms with Crippen molar-refractivity contribution in [2.75, 3.05) is 5.73 Å². The van der Waals surface area contributed by atoms with Crippen LogP contribution in [0.15, 0.2) is 60.9 Å². The summed E-state index contributed by atoms with van der Waals surface area (Å²) in [6.07, 6.45) is 2.74. The summed E-state index contributed by atoms with van der Waals surface area (Å²) in [5.41, 5.74) is 11.3. The smallest absolute Gasteiger partial charge is 0.167 e. The minimum Gasteiger partial charge on any atom is -0.396 e. The van der Waals surface area contributed by atoms with E-state index in [-0.39, 0.29) is 11.7 Å². The van der Waals surface area contributed by atoms with E-state index in [4.69, 9.17) is 22.3 Å². The van der Waals surface area contributed by atoms with Gasteiger partial charge in [-0.25, -0.2) is 9.97 Å². The van der Waals surface area contributed by atoms with Gasteiger partial charge < -0.3 is 5.73 Å². The number of para-hydroxylation sites is 1. The molecule has 138 valence electrons. The van der Waals surface area contributed by atoms with E-state index in [0.717, 1.165) is 16.9 Å². The summed E-state index contributed by atoms with van der Waals surface area (Å²) in [5.74, 6) is 0.0449. The first-order valence-corrected chi connectivity index (χ1v) is 9.49. The van der Waals surface area contributed by atoms with E-state index in [1.807, 2.05) is 59.2 Å². The predicted octanol–water partition coefficient (Wildman–Crippen LogP) is 4.57. The average molecular weight is 389 g/mol. The maximum absolute atomic E-state index is 12.9. The Morgan fingerprint density at radius 1 is 1.07 bits per heavy atom. The van der Waals surface area contributed by atoms with Gasteiger partial charge in [0.1, 0.15) is 11.8 Å². The summed E-state index contributed by atoms with van der Waals surface area (Å²) in [4.78, 5) is 22.2. The SMILES string of the molecule is Nc1c2c(nc3c1ncn3-c1ccccc1)C[C@H](c1cccc(Cl)c1)CC2=O. The molecule has 5 nitrogen and oxygen atoms in total. The van der Waals surface area contributed by atoms with Crippen LogP contribution in [-0.4, -0.2) is 20.3 Å². The maximum Gasteiger partial charge on any atom is 0.167 e. The molecule has 1 aliphatic carbocycles. The zero-order chi connectivity index (χ0) is 19.3. The van der Waals surface area contributed by atoms with Crippen LogP contribution in [0.25, 0.3) is 16.9 Å². The van der Waals surface area contributed by atoms with Crippen LogP contribution in [0.5, 0.6) is 0 Å². The Kier molecular flexibility index (Phi) is 3.91. The van der Waals surface area contributed by atoms with Crippen molar-refractivity contribution in [1.29, 1.82) is 0 Å². The number of anilines is 1. The third-order valence-corrected chi connectivity index (χ3v) is 5.54. The Hall–Kier alpha value is -3.18. The van der Waals surface area contributed by atoms with E-state index in [9.17, 15) is 4.79 Å². The molecular formula is C22H17ClN4O. The second kappa shape index (κ2) is 6.46. The van der Waals surface area contributed by atoms with Gasteiger partial charge in [-0.05, 0) is 42.2 Å². The van der Waals surface area contributed by atoms with Crippen molar-refractivity contribution in [1.82, 2.24) is 14.5 Å². The molecule has 2 aromatic heterocycles. The van der Waals surface area contributed by atoms with Gasteiger partial charge in [0.15, 0.2) is 11.4 Å². The molecule has 5 rings (SSSR count). The number of benzene rings is 2. The van der Waals surface area contributed by atoms with Gasteiger partial charge in [0.05, 0.1) is 16.9 Å². The predicted molar refractivity (Wildman–Crippen MR) is 110 cm³/mol. The molecule has 0 fully saturated rings. The zero-order valence-electron chi connectivity index (χ0n) is 15.0. The Morgan fingerprint density at radius 3 is 2.68 bits per heavy atom. The highest BCUT2D eigenvalue weighted by Crippen LogP contribution is 2.37. The fourth-order valence-electron chi connectivity index (χ4n) is 3.96. The van der Waals surface area contributed by atoms with E-state index < -0.39 is 0 Å². The summed E-state index contributed by atoms with van der Waals surface area (Å²) in [6.45, 7) is 0. The monoisotopic (exact) mass is 388 g/mol. The Morgan fingerprint density at radius 2 is 1.89 bits per heavy atom. The summed E-state index contributed by atoms with van der Waals surface area (Å²) < 4.78 is 1.90. The highest BCUT2D eigenvalue weighted by molar-refractivity contribution is 6.30. The number of halogens is 1. The van der Waals surface area contributed by atoms with Crippen LogP contribution in [0.2, 0.25) is 5.02 Å². The third kappa shape index (κ3) is 2.67. The van der Waals surface area contributed by atoms with Crippen molar-refractivity contribution in [3.63, 3.8) is 0 Å². The van der Waals surface area contributed by atoms with Crippen LogP contribution >= 0.6 is 11.6 Å². The molecule has 0 aliphatic heterocycles. The molecule has 0 bridgehead atoms. The van der Waals surface area contributed by atoms with Crippen LogP contribution in [0.3, 0.4) is 0 Å². The fourth-order valence-corrected chi connectivity index (χ4v) is 4.16. The van der Waals surface area contributed by atoms with Gasteiger partial charge in [0.2, 0.25) is 0 Å². The molecule has 0 radical (unpaired) electrons. The maximum atomic E-state index is 12.9. The van der Waals surface area contributed by atoms with Crippen molar-refractivity contribution in [3.05, 3.63) is 82.8 Å². The first kappa shape index (κ1) is 17.0. The minimum atomic E-state index is 0.00684. The van der Waals surface area contributed by atoms with Crippen molar-refractivity contribution in [2.45, 2.75) is 18.8 Å². The molecule has 0 spiro atoms. The second-order valence-corrected chi connectivity index (χ2v) is 7.49. The molecule has 0 saturated carbocycles. The number of rotatable bonds is 2.